The van der Waals surface area contributed by atoms with Gasteiger partial charge in [-0.3, -0.25) is 4.79 Å². The second-order valence-corrected chi connectivity index (χ2v) is 9.72. The summed E-state index contributed by atoms with van der Waals surface area (Å²) in [6, 6.07) is 4.30. The quantitative estimate of drug-likeness (QED) is 0.340. The lowest BCUT2D eigenvalue weighted by Crippen LogP contribution is -2.35. The minimum Gasteiger partial charge on any atom is -0.493 e. The third kappa shape index (κ3) is 5.14. The Kier molecular flexibility index (Phi) is 8.42. The monoisotopic (exact) mass is 493 g/mol. The first-order valence-electron chi connectivity index (χ1n) is 11.3. The molecule has 0 aliphatic heterocycles. The van der Waals surface area contributed by atoms with Crippen LogP contribution in [0, 0.1) is 6.92 Å². The summed E-state index contributed by atoms with van der Waals surface area (Å²) in [6.07, 6.45) is 2.16. The Hall–Kier alpha value is -2.80. The normalized spacial score (nSPS) is 12.1. The maximum Gasteiger partial charge on any atom is 0.277 e. The van der Waals surface area contributed by atoms with E-state index in [1.165, 1.54) is 22.7 Å². The number of benzene rings is 1. The van der Waals surface area contributed by atoms with E-state index in [0.717, 1.165) is 17.1 Å². The molecule has 0 amide bonds. The predicted octanol–water partition coefficient (Wildman–Crippen LogP) is 1.11. The number of ether oxygens (including phenoxy) is 1. The molecule has 3 rings (SSSR count). The van der Waals surface area contributed by atoms with Gasteiger partial charge in [0, 0.05) is 19.5 Å². The Balaban J connectivity index is 2.22. The van der Waals surface area contributed by atoms with E-state index in [4.69, 9.17) is 4.74 Å². The highest BCUT2D eigenvalue weighted by atomic mass is 32.2. The van der Waals surface area contributed by atoms with Gasteiger partial charge in [-0.1, -0.05) is 13.8 Å². The number of aryl methyl sites for hydroxylation is 2. The molecule has 0 radical (unpaired) electrons. The second-order valence-electron chi connectivity index (χ2n) is 7.78. The van der Waals surface area contributed by atoms with Gasteiger partial charge in [0.1, 0.15) is 11.6 Å². The number of nitrogens with one attached hydrogen (secondary N) is 1. The molecule has 3 aromatic rings. The highest BCUT2D eigenvalue weighted by Gasteiger charge is 2.26. The number of hydrogen-bond donors (Lipinski definition) is 3. The lowest BCUT2D eigenvalue weighted by atomic mass is 10.2. The Morgan fingerprint density at radius 3 is 2.47 bits per heavy atom. The standard InChI is InChI=1S/C22H31N5O6S/c1-4-6-19-23-15(3)20-22(30)24-21(25-27(19)20)17-14-16(7-8-18(17)33-13-5-2)34(31,32)26(9-11-28)10-12-29/h7-8,14,28-29H,4-6,9-13H2,1-3H3,(H,24,25,30). The lowest BCUT2D eigenvalue weighted by molar-refractivity contribution is 0.217. The van der Waals surface area contributed by atoms with Crippen LogP contribution >= 0.6 is 0 Å². The van der Waals surface area contributed by atoms with Crippen molar-refractivity contribution in [3.63, 3.8) is 0 Å². The molecular weight excluding hydrogens is 462 g/mol. The van der Waals surface area contributed by atoms with Crippen LogP contribution in [0.2, 0.25) is 0 Å². The van der Waals surface area contributed by atoms with Gasteiger partial charge in [-0.2, -0.15) is 4.31 Å². The first-order chi connectivity index (χ1) is 16.3. The van der Waals surface area contributed by atoms with Gasteiger partial charge in [0.2, 0.25) is 10.0 Å². The van der Waals surface area contributed by atoms with Crippen LogP contribution in [-0.2, 0) is 16.4 Å². The fourth-order valence-electron chi connectivity index (χ4n) is 3.66. The van der Waals surface area contributed by atoms with Crippen molar-refractivity contribution >= 4 is 15.5 Å². The number of hydrogen-bond acceptors (Lipinski definition) is 8. The van der Waals surface area contributed by atoms with E-state index >= 15 is 0 Å². The number of aliphatic hydroxyl groups is 2. The molecule has 0 bridgehead atoms. The van der Waals surface area contributed by atoms with Gasteiger partial charge in [-0.15, -0.1) is 5.10 Å². The van der Waals surface area contributed by atoms with Gasteiger partial charge in [-0.05, 0) is 38.0 Å². The maximum atomic E-state index is 13.2. The number of fused-ring (bicyclic) bond motifs is 1. The Morgan fingerprint density at radius 1 is 1.15 bits per heavy atom. The molecule has 0 aliphatic carbocycles. The number of imidazole rings is 1. The summed E-state index contributed by atoms with van der Waals surface area (Å²) in [6.45, 7) is 4.95. The summed E-state index contributed by atoms with van der Waals surface area (Å²) >= 11 is 0. The molecule has 0 fully saturated rings. The van der Waals surface area contributed by atoms with Gasteiger partial charge in [-0.25, -0.2) is 17.9 Å². The molecule has 12 heteroatoms. The van der Waals surface area contributed by atoms with E-state index in [0.29, 0.717) is 41.4 Å². The summed E-state index contributed by atoms with van der Waals surface area (Å²) < 4.78 is 34.7. The van der Waals surface area contributed by atoms with Crippen molar-refractivity contribution in [3.8, 4) is 17.1 Å². The number of aliphatic hydroxyl groups excluding tert-OH is 2. The van der Waals surface area contributed by atoms with Gasteiger partial charge in [0.15, 0.2) is 11.3 Å². The van der Waals surface area contributed by atoms with E-state index in [1.807, 2.05) is 13.8 Å². The predicted molar refractivity (Wildman–Crippen MR) is 126 cm³/mol. The van der Waals surface area contributed by atoms with Crippen molar-refractivity contribution in [1.29, 1.82) is 0 Å². The number of aromatic nitrogens is 4. The topological polar surface area (TPSA) is 150 Å². The van der Waals surface area contributed by atoms with Crippen LogP contribution in [0.25, 0.3) is 16.9 Å². The molecule has 0 saturated carbocycles. The summed E-state index contributed by atoms with van der Waals surface area (Å²) in [4.78, 5) is 20.0. The maximum absolute atomic E-state index is 13.2. The average molecular weight is 494 g/mol. The van der Waals surface area contributed by atoms with E-state index in [-0.39, 0.29) is 23.8 Å². The zero-order valence-electron chi connectivity index (χ0n) is 19.6. The Morgan fingerprint density at radius 2 is 1.85 bits per heavy atom. The lowest BCUT2D eigenvalue weighted by Gasteiger charge is -2.21. The van der Waals surface area contributed by atoms with E-state index in [2.05, 4.69) is 15.1 Å². The molecule has 2 aromatic heterocycles. The van der Waals surface area contributed by atoms with Crippen molar-refractivity contribution in [2.45, 2.75) is 44.9 Å². The first kappa shape index (κ1) is 25.8. The molecule has 34 heavy (non-hydrogen) atoms. The van der Waals surface area contributed by atoms with Gasteiger partial charge in [0.05, 0.1) is 36.0 Å². The number of H-pyrrole nitrogens is 1. The van der Waals surface area contributed by atoms with E-state index < -0.39 is 28.8 Å². The fourth-order valence-corrected chi connectivity index (χ4v) is 5.11. The molecule has 1 aromatic carbocycles. The minimum atomic E-state index is -4.04. The van der Waals surface area contributed by atoms with E-state index in [9.17, 15) is 23.4 Å². The van der Waals surface area contributed by atoms with Crippen LogP contribution in [0.15, 0.2) is 27.9 Å². The average Bonchev–Trinajstić information content (AvgIpc) is 3.13. The summed E-state index contributed by atoms with van der Waals surface area (Å²) in [5.74, 6) is 1.15. The zero-order valence-corrected chi connectivity index (χ0v) is 20.4. The third-order valence-corrected chi connectivity index (χ3v) is 7.12. The summed E-state index contributed by atoms with van der Waals surface area (Å²) in [5, 5.41) is 23.2. The molecule has 0 unspecified atom stereocenters. The molecule has 3 N–H and O–H groups in total. The number of aromatic amines is 1. The summed E-state index contributed by atoms with van der Waals surface area (Å²) in [7, 11) is -4.04. The van der Waals surface area contributed by atoms with Gasteiger partial charge >= 0.3 is 0 Å². The second kappa shape index (κ2) is 11.1. The Bertz CT molecular complexity index is 1300. The van der Waals surface area contributed by atoms with Crippen LogP contribution in [0.3, 0.4) is 0 Å². The van der Waals surface area contributed by atoms with Gasteiger partial charge < -0.3 is 19.9 Å². The molecule has 11 nitrogen and oxygen atoms in total. The van der Waals surface area contributed by atoms with Crippen molar-refractivity contribution in [2.75, 3.05) is 32.9 Å². The summed E-state index contributed by atoms with van der Waals surface area (Å²) in [5.41, 5.74) is 0.805. The Labute approximate surface area is 198 Å². The van der Waals surface area contributed by atoms with Crippen LogP contribution in [0.4, 0.5) is 0 Å². The van der Waals surface area contributed by atoms with Crippen molar-refractivity contribution < 1.29 is 23.4 Å². The van der Waals surface area contributed by atoms with Crippen LogP contribution in [0.1, 0.15) is 38.2 Å². The number of rotatable bonds is 12. The third-order valence-electron chi connectivity index (χ3n) is 5.22. The molecule has 2 heterocycles. The molecular formula is C22H31N5O6S. The molecule has 186 valence electrons. The highest BCUT2D eigenvalue weighted by molar-refractivity contribution is 7.89. The first-order valence-corrected chi connectivity index (χ1v) is 12.7. The highest BCUT2D eigenvalue weighted by Crippen LogP contribution is 2.31. The zero-order chi connectivity index (χ0) is 24.9. The minimum absolute atomic E-state index is 0.0772. The van der Waals surface area contributed by atoms with Gasteiger partial charge in [0.25, 0.3) is 5.56 Å². The molecule has 0 saturated heterocycles. The van der Waals surface area contributed by atoms with Crippen LogP contribution in [0.5, 0.6) is 5.75 Å². The van der Waals surface area contributed by atoms with Crippen molar-refractivity contribution in [3.05, 3.63) is 40.1 Å². The molecule has 0 spiro atoms. The number of sulfonamides is 1. The van der Waals surface area contributed by atoms with Crippen LogP contribution < -0.4 is 10.3 Å². The molecule has 0 aliphatic rings. The molecule has 0 atom stereocenters. The largest absolute Gasteiger partial charge is 0.493 e. The fraction of sp³-hybridized carbons (Fsp3) is 0.500. The SMILES string of the molecule is CCCOc1ccc(S(=O)(=O)N(CCO)CCO)cc1-c1nn2c(CCC)nc(C)c2c(=O)[nH]1. The van der Waals surface area contributed by atoms with Crippen molar-refractivity contribution in [1.82, 2.24) is 23.9 Å². The number of nitrogens with zero attached hydrogens (tertiary/aromatic N) is 4. The van der Waals surface area contributed by atoms with E-state index in [1.54, 1.807) is 6.92 Å². The van der Waals surface area contributed by atoms with Crippen molar-refractivity contribution in [2.24, 2.45) is 0 Å². The smallest absolute Gasteiger partial charge is 0.277 e. The van der Waals surface area contributed by atoms with Crippen LogP contribution in [-0.4, -0.2) is 75.4 Å².